The zero-order valence-electron chi connectivity index (χ0n) is 20.5. The summed E-state index contributed by atoms with van der Waals surface area (Å²) in [5, 5.41) is 8.82. The minimum absolute atomic E-state index is 0.178. The maximum absolute atomic E-state index is 11.6. The van der Waals surface area contributed by atoms with Crippen LogP contribution in [0.15, 0.2) is 42.6 Å². The second-order valence-electron chi connectivity index (χ2n) is 10.0. The van der Waals surface area contributed by atoms with Crippen LogP contribution in [0.4, 0.5) is 0 Å². The number of nitrogens with one attached hydrogen (secondary N) is 1. The van der Waals surface area contributed by atoms with E-state index in [-0.39, 0.29) is 5.91 Å². The van der Waals surface area contributed by atoms with E-state index in [0.29, 0.717) is 23.5 Å². The zero-order chi connectivity index (χ0) is 24.2. The van der Waals surface area contributed by atoms with Crippen LogP contribution in [0.2, 0.25) is 5.15 Å². The molecule has 2 fully saturated rings. The number of likely N-dealkylation sites (tertiary alicyclic amines) is 2. The molecule has 35 heavy (non-hydrogen) atoms. The summed E-state index contributed by atoms with van der Waals surface area (Å²) < 4.78 is 1.97. The summed E-state index contributed by atoms with van der Waals surface area (Å²) in [6, 6.07) is 12.8. The topological polar surface area (TPSA) is 65.8 Å². The average molecular weight is 495 g/mol. The van der Waals surface area contributed by atoms with Gasteiger partial charge in [0, 0.05) is 57.3 Å². The molecule has 1 aromatic carbocycles. The Morgan fingerprint density at radius 3 is 2.69 bits per heavy atom. The van der Waals surface area contributed by atoms with Gasteiger partial charge in [-0.1, -0.05) is 41.9 Å². The van der Waals surface area contributed by atoms with E-state index in [1.807, 2.05) is 15.6 Å². The van der Waals surface area contributed by atoms with Gasteiger partial charge in [-0.2, -0.15) is 5.10 Å². The molecule has 3 aromatic rings. The van der Waals surface area contributed by atoms with Gasteiger partial charge >= 0.3 is 0 Å². The van der Waals surface area contributed by atoms with E-state index in [4.69, 9.17) is 16.7 Å². The van der Waals surface area contributed by atoms with Gasteiger partial charge in [0.05, 0.1) is 5.69 Å². The van der Waals surface area contributed by atoms with Crippen LogP contribution >= 0.6 is 11.6 Å². The summed E-state index contributed by atoms with van der Waals surface area (Å²) in [5.74, 6) is 1.16. The predicted molar refractivity (Wildman–Crippen MR) is 138 cm³/mol. The fourth-order valence-electron chi connectivity index (χ4n) is 5.58. The number of halogens is 1. The fraction of sp³-hybridized carbons (Fsp3) is 0.519. The van der Waals surface area contributed by atoms with E-state index in [2.05, 4.69) is 51.6 Å². The molecule has 0 spiro atoms. The third-order valence-corrected chi connectivity index (χ3v) is 7.87. The van der Waals surface area contributed by atoms with Crippen LogP contribution in [-0.2, 0) is 17.9 Å². The number of piperidine rings is 2. The van der Waals surface area contributed by atoms with Crippen molar-refractivity contribution < 1.29 is 4.79 Å². The lowest BCUT2D eigenvalue weighted by Gasteiger charge is -2.33. The van der Waals surface area contributed by atoms with Crippen molar-refractivity contribution in [2.24, 2.45) is 5.92 Å². The quantitative estimate of drug-likeness (QED) is 0.535. The van der Waals surface area contributed by atoms with Crippen molar-refractivity contribution in [2.45, 2.75) is 51.6 Å². The molecule has 0 aliphatic carbocycles. The van der Waals surface area contributed by atoms with Crippen molar-refractivity contribution in [1.29, 1.82) is 0 Å². The Morgan fingerprint density at radius 2 is 1.91 bits per heavy atom. The number of carbonyl (C=O) groups is 1. The Kier molecular flexibility index (Phi) is 7.66. The Labute approximate surface area is 212 Å². The lowest BCUT2D eigenvalue weighted by Crippen LogP contribution is -2.39. The Hall–Kier alpha value is -2.48. The normalized spacial score (nSPS) is 19.9. The number of carbonyl (C=O) groups excluding carboxylic acids is 1. The third-order valence-electron chi connectivity index (χ3n) is 7.56. The molecular formula is C27H35ClN6O. The highest BCUT2D eigenvalue weighted by atomic mass is 35.5. The highest BCUT2D eigenvalue weighted by Crippen LogP contribution is 2.30. The van der Waals surface area contributed by atoms with E-state index in [1.165, 1.54) is 17.7 Å². The van der Waals surface area contributed by atoms with E-state index >= 15 is 0 Å². The molecule has 1 amide bonds. The van der Waals surface area contributed by atoms with Crippen molar-refractivity contribution in [2.75, 3.05) is 32.7 Å². The molecule has 7 nitrogen and oxygen atoms in total. The number of hydrogen-bond donors (Lipinski definition) is 1. The first kappa shape index (κ1) is 24.2. The largest absolute Gasteiger partial charge is 0.343 e. The Morgan fingerprint density at radius 1 is 1.11 bits per heavy atom. The van der Waals surface area contributed by atoms with Crippen molar-refractivity contribution in [3.63, 3.8) is 0 Å². The number of amides is 1. The molecule has 0 unspecified atom stereocenters. The van der Waals surface area contributed by atoms with Crippen molar-refractivity contribution in [1.82, 2.24) is 29.7 Å². The van der Waals surface area contributed by atoms with Gasteiger partial charge in [0.1, 0.15) is 0 Å². The van der Waals surface area contributed by atoms with Crippen LogP contribution in [-0.4, -0.2) is 63.0 Å². The van der Waals surface area contributed by atoms with Crippen LogP contribution < -0.4 is 5.32 Å². The smallest absolute Gasteiger partial charge is 0.219 e. The first-order valence-electron chi connectivity index (χ1n) is 12.8. The average Bonchev–Trinajstić information content (AvgIpc) is 3.20. The summed E-state index contributed by atoms with van der Waals surface area (Å²) >= 11 is 6.62. The maximum atomic E-state index is 11.6. The Bertz CT molecular complexity index is 1140. The summed E-state index contributed by atoms with van der Waals surface area (Å²) in [6.07, 6.45) is 6.30. The molecule has 8 heteroatoms. The van der Waals surface area contributed by atoms with Gasteiger partial charge in [-0.15, -0.1) is 0 Å². The van der Waals surface area contributed by atoms with E-state index in [9.17, 15) is 4.79 Å². The Balaban J connectivity index is 1.24. The molecule has 0 bridgehead atoms. The van der Waals surface area contributed by atoms with Gasteiger partial charge in [-0.3, -0.25) is 9.69 Å². The van der Waals surface area contributed by atoms with E-state index < -0.39 is 0 Å². The molecule has 1 N–H and O–H groups in total. The fourth-order valence-corrected chi connectivity index (χ4v) is 5.81. The highest BCUT2D eigenvalue weighted by Gasteiger charge is 2.26. The number of benzene rings is 1. The molecule has 0 saturated carbocycles. The summed E-state index contributed by atoms with van der Waals surface area (Å²) in [4.78, 5) is 20.7. The van der Waals surface area contributed by atoms with Crippen molar-refractivity contribution >= 4 is 23.2 Å². The number of hydrogen-bond acceptors (Lipinski definition) is 5. The van der Waals surface area contributed by atoms with Gasteiger partial charge in [0.2, 0.25) is 5.91 Å². The summed E-state index contributed by atoms with van der Waals surface area (Å²) in [7, 11) is 0. The van der Waals surface area contributed by atoms with Gasteiger partial charge in [0.15, 0.2) is 10.8 Å². The molecule has 2 aromatic heterocycles. The molecule has 2 saturated heterocycles. The summed E-state index contributed by atoms with van der Waals surface area (Å²) in [6.45, 7) is 8.04. The molecule has 2 aliphatic rings. The van der Waals surface area contributed by atoms with E-state index in [0.717, 1.165) is 69.7 Å². The third kappa shape index (κ3) is 5.68. The lowest BCUT2D eigenvalue weighted by atomic mass is 9.94. The number of aromatic nitrogens is 3. The predicted octanol–water partition coefficient (Wildman–Crippen LogP) is 4.11. The van der Waals surface area contributed by atoms with Crippen molar-refractivity contribution in [3.8, 4) is 0 Å². The standard InChI is InChI=1S/C27H35ClN6O/c1-20(35)33-14-10-21(11-15-33)16-29-17-24-26(28)31-34-25(9-12-30-27(24)34)23-8-5-13-32(19-23)18-22-6-3-2-4-7-22/h2-4,6-7,9,12,21,23,29H,5,8,10-11,13-19H2,1H3/t23-/m0/s1. The monoisotopic (exact) mass is 494 g/mol. The van der Waals surface area contributed by atoms with Crippen LogP contribution in [0.5, 0.6) is 0 Å². The minimum Gasteiger partial charge on any atom is -0.343 e. The lowest BCUT2D eigenvalue weighted by molar-refractivity contribution is -0.130. The van der Waals surface area contributed by atoms with Crippen LogP contribution in [0.1, 0.15) is 55.3 Å². The summed E-state index contributed by atoms with van der Waals surface area (Å²) in [5.41, 5.74) is 4.37. The first-order valence-corrected chi connectivity index (χ1v) is 13.2. The molecular weight excluding hydrogens is 460 g/mol. The molecule has 1 atom stereocenters. The van der Waals surface area contributed by atoms with Crippen LogP contribution in [0.3, 0.4) is 0 Å². The van der Waals surface area contributed by atoms with E-state index in [1.54, 1.807) is 6.92 Å². The maximum Gasteiger partial charge on any atom is 0.219 e. The van der Waals surface area contributed by atoms with Gasteiger partial charge < -0.3 is 10.2 Å². The zero-order valence-corrected chi connectivity index (χ0v) is 21.3. The van der Waals surface area contributed by atoms with Crippen molar-refractivity contribution in [3.05, 3.63) is 64.6 Å². The van der Waals surface area contributed by atoms with Gasteiger partial charge in [0.25, 0.3) is 0 Å². The van der Waals surface area contributed by atoms with Gasteiger partial charge in [-0.05, 0) is 56.3 Å². The number of fused-ring (bicyclic) bond motifs is 1. The second-order valence-corrected chi connectivity index (χ2v) is 10.4. The minimum atomic E-state index is 0.178. The molecule has 186 valence electrons. The molecule has 4 heterocycles. The first-order chi connectivity index (χ1) is 17.1. The van der Waals surface area contributed by atoms with Crippen LogP contribution in [0.25, 0.3) is 5.65 Å². The SMILES string of the molecule is CC(=O)N1CCC(CNCc2c(Cl)nn3c([C@H]4CCCN(Cc5ccccc5)C4)ccnc23)CC1. The van der Waals surface area contributed by atoms with Crippen LogP contribution in [0, 0.1) is 5.92 Å². The number of rotatable bonds is 7. The van der Waals surface area contributed by atoms with Gasteiger partial charge in [-0.25, -0.2) is 9.50 Å². The highest BCUT2D eigenvalue weighted by molar-refractivity contribution is 6.30. The molecule has 2 aliphatic heterocycles. The second kappa shape index (κ2) is 11.1. The molecule has 0 radical (unpaired) electrons. The molecule has 5 rings (SSSR count). The number of nitrogens with zero attached hydrogens (tertiary/aromatic N) is 5.